The number of rotatable bonds is 7. The van der Waals surface area contributed by atoms with Gasteiger partial charge in [-0.1, -0.05) is 35.9 Å². The van der Waals surface area contributed by atoms with Crippen LogP contribution >= 0.6 is 11.6 Å². The predicted octanol–water partition coefficient (Wildman–Crippen LogP) is 3.59. The number of nitrogens with zero attached hydrogens (tertiary/aromatic N) is 1. The van der Waals surface area contributed by atoms with Gasteiger partial charge in [0.15, 0.2) is 21.3 Å². The van der Waals surface area contributed by atoms with Crippen LogP contribution in [0, 0.1) is 0 Å². The van der Waals surface area contributed by atoms with Crippen LogP contribution in [0.4, 0.5) is 0 Å². The molecule has 1 fully saturated rings. The van der Waals surface area contributed by atoms with E-state index < -0.39 is 9.84 Å². The van der Waals surface area contributed by atoms with Gasteiger partial charge in [0, 0.05) is 23.7 Å². The number of ether oxygens (including phenoxy) is 2. The molecule has 1 heterocycles. The first-order chi connectivity index (χ1) is 14.3. The molecule has 6 nitrogen and oxygen atoms in total. The van der Waals surface area contributed by atoms with Gasteiger partial charge in [0.2, 0.25) is 5.91 Å². The summed E-state index contributed by atoms with van der Waals surface area (Å²) in [5.41, 5.74) is 1.54. The summed E-state index contributed by atoms with van der Waals surface area (Å²) in [6.45, 7) is 0.256. The van der Waals surface area contributed by atoms with Gasteiger partial charge in [-0.2, -0.15) is 0 Å². The number of sulfone groups is 1. The molecule has 0 aliphatic carbocycles. The van der Waals surface area contributed by atoms with Crippen molar-refractivity contribution in [1.82, 2.24) is 4.90 Å². The van der Waals surface area contributed by atoms with Gasteiger partial charge < -0.3 is 14.4 Å². The predicted molar refractivity (Wildman–Crippen MR) is 118 cm³/mol. The topological polar surface area (TPSA) is 72.9 Å². The maximum Gasteiger partial charge on any atom is 0.247 e. The third-order valence-electron chi connectivity index (χ3n) is 5.04. The Labute approximate surface area is 182 Å². The number of carbonyl (C=O) groups excluding carboxylic acids is 1. The van der Waals surface area contributed by atoms with E-state index in [9.17, 15) is 13.2 Å². The minimum Gasteiger partial charge on any atom is -0.493 e. The molecule has 2 aromatic carbocycles. The van der Waals surface area contributed by atoms with Crippen LogP contribution in [0.5, 0.6) is 11.5 Å². The van der Waals surface area contributed by atoms with Gasteiger partial charge in [-0.3, -0.25) is 4.79 Å². The number of methoxy groups -OCH3 is 2. The zero-order chi connectivity index (χ0) is 21.7. The molecule has 0 radical (unpaired) electrons. The molecule has 0 bridgehead atoms. The van der Waals surface area contributed by atoms with Crippen LogP contribution in [-0.4, -0.2) is 51.0 Å². The van der Waals surface area contributed by atoms with Gasteiger partial charge in [0.25, 0.3) is 0 Å². The first kappa shape index (κ1) is 22.2. The van der Waals surface area contributed by atoms with E-state index in [4.69, 9.17) is 21.1 Å². The van der Waals surface area contributed by atoms with Crippen molar-refractivity contribution in [1.29, 1.82) is 0 Å². The van der Waals surface area contributed by atoms with E-state index in [1.54, 1.807) is 43.4 Å². The Hall–Kier alpha value is -2.51. The summed E-state index contributed by atoms with van der Waals surface area (Å²) in [4.78, 5) is 14.6. The van der Waals surface area contributed by atoms with Gasteiger partial charge in [0.05, 0.1) is 25.7 Å². The molecule has 1 atom stereocenters. The van der Waals surface area contributed by atoms with Gasteiger partial charge in [-0.05, 0) is 41.8 Å². The molecule has 30 heavy (non-hydrogen) atoms. The number of hydrogen-bond acceptors (Lipinski definition) is 5. The lowest BCUT2D eigenvalue weighted by atomic mass is 10.1. The van der Waals surface area contributed by atoms with Crippen LogP contribution in [0.25, 0.3) is 6.08 Å². The van der Waals surface area contributed by atoms with Crippen LogP contribution in [0.1, 0.15) is 17.5 Å². The molecule has 3 rings (SSSR count). The Kier molecular flexibility index (Phi) is 7.05. The Morgan fingerprint density at radius 3 is 2.53 bits per heavy atom. The normalized spacial score (nSPS) is 17.8. The summed E-state index contributed by atoms with van der Waals surface area (Å²) in [6, 6.07) is 12.2. The smallest absolute Gasteiger partial charge is 0.247 e. The number of carbonyl (C=O) groups is 1. The van der Waals surface area contributed by atoms with E-state index in [1.165, 1.54) is 6.08 Å². The Morgan fingerprint density at radius 2 is 1.90 bits per heavy atom. The van der Waals surface area contributed by atoms with Crippen molar-refractivity contribution >= 4 is 33.4 Å². The summed E-state index contributed by atoms with van der Waals surface area (Å²) in [5.74, 6) is 0.911. The number of benzene rings is 2. The van der Waals surface area contributed by atoms with Crippen molar-refractivity contribution < 1.29 is 22.7 Å². The standard InChI is InChI=1S/C22H24ClNO5S/c1-28-20-9-7-16(13-21(20)29-2)14-24(18-11-12-30(26,27)15-18)22(25)10-8-17-5-3-4-6-19(17)23/h3-10,13,18H,11-12,14-15H2,1-2H3/b10-8+. The maximum atomic E-state index is 13.1. The van der Waals surface area contributed by atoms with Gasteiger partial charge in [-0.25, -0.2) is 8.42 Å². The van der Waals surface area contributed by atoms with Gasteiger partial charge in [0.1, 0.15) is 0 Å². The molecule has 0 saturated carbocycles. The summed E-state index contributed by atoms with van der Waals surface area (Å²) in [7, 11) is -0.0535. The molecule has 8 heteroatoms. The zero-order valence-corrected chi connectivity index (χ0v) is 18.4. The van der Waals surface area contributed by atoms with E-state index in [2.05, 4.69) is 0 Å². The molecule has 0 aromatic heterocycles. The first-order valence-electron chi connectivity index (χ1n) is 9.47. The highest BCUT2D eigenvalue weighted by molar-refractivity contribution is 7.91. The third-order valence-corrected chi connectivity index (χ3v) is 7.14. The second-order valence-electron chi connectivity index (χ2n) is 7.07. The van der Waals surface area contributed by atoms with Gasteiger partial charge >= 0.3 is 0 Å². The highest BCUT2D eigenvalue weighted by Crippen LogP contribution is 2.29. The highest BCUT2D eigenvalue weighted by Gasteiger charge is 2.34. The first-order valence-corrected chi connectivity index (χ1v) is 11.7. The lowest BCUT2D eigenvalue weighted by Gasteiger charge is -2.27. The summed E-state index contributed by atoms with van der Waals surface area (Å²) >= 11 is 6.16. The van der Waals surface area contributed by atoms with Crippen molar-refractivity contribution in [2.75, 3.05) is 25.7 Å². The molecule has 1 unspecified atom stereocenters. The highest BCUT2D eigenvalue weighted by atomic mass is 35.5. The SMILES string of the molecule is COc1ccc(CN(C(=O)/C=C/c2ccccc2Cl)C2CCS(=O)(=O)C2)cc1OC. The Balaban J connectivity index is 1.87. The van der Waals surface area contributed by atoms with E-state index in [-0.39, 0.29) is 30.0 Å². The largest absolute Gasteiger partial charge is 0.493 e. The number of hydrogen-bond donors (Lipinski definition) is 0. The summed E-state index contributed by atoms with van der Waals surface area (Å²) in [5, 5.41) is 0.538. The van der Waals surface area contributed by atoms with E-state index >= 15 is 0 Å². The van der Waals surface area contributed by atoms with Gasteiger partial charge in [-0.15, -0.1) is 0 Å². The molecule has 1 aliphatic heterocycles. The molecule has 1 saturated heterocycles. The second-order valence-corrected chi connectivity index (χ2v) is 9.70. The molecule has 160 valence electrons. The minimum absolute atomic E-state index is 0.0358. The maximum absolute atomic E-state index is 13.1. The van der Waals surface area contributed by atoms with E-state index in [0.29, 0.717) is 22.9 Å². The quantitative estimate of drug-likeness (QED) is 0.604. The fourth-order valence-electron chi connectivity index (χ4n) is 3.45. The molecular weight excluding hydrogens is 426 g/mol. The molecule has 0 spiro atoms. The molecule has 1 aliphatic rings. The molecule has 2 aromatic rings. The minimum atomic E-state index is -3.15. The van der Waals surface area contributed by atoms with E-state index in [1.807, 2.05) is 24.3 Å². The Morgan fingerprint density at radius 1 is 1.17 bits per heavy atom. The van der Waals surface area contributed by atoms with Crippen LogP contribution < -0.4 is 9.47 Å². The summed E-state index contributed by atoms with van der Waals surface area (Å²) in [6.07, 6.45) is 3.50. The lowest BCUT2D eigenvalue weighted by molar-refractivity contribution is -0.128. The number of halogens is 1. The van der Waals surface area contributed by atoms with Crippen LogP contribution in [0.2, 0.25) is 5.02 Å². The second kappa shape index (κ2) is 9.53. The van der Waals surface area contributed by atoms with Crippen molar-refractivity contribution in [2.24, 2.45) is 0 Å². The zero-order valence-electron chi connectivity index (χ0n) is 16.9. The monoisotopic (exact) mass is 449 g/mol. The number of amides is 1. The Bertz CT molecular complexity index is 1050. The van der Waals surface area contributed by atoms with Crippen molar-refractivity contribution in [3.8, 4) is 11.5 Å². The fraction of sp³-hybridized carbons (Fsp3) is 0.318. The van der Waals surface area contributed by atoms with Crippen molar-refractivity contribution in [2.45, 2.75) is 19.0 Å². The molecule has 1 amide bonds. The van der Waals surface area contributed by atoms with Crippen LogP contribution in [0.3, 0.4) is 0 Å². The lowest BCUT2D eigenvalue weighted by Crippen LogP contribution is -2.39. The average molecular weight is 450 g/mol. The van der Waals surface area contributed by atoms with E-state index in [0.717, 1.165) is 11.1 Å². The van der Waals surface area contributed by atoms with Crippen LogP contribution in [0.15, 0.2) is 48.5 Å². The third kappa shape index (κ3) is 5.34. The summed E-state index contributed by atoms with van der Waals surface area (Å²) < 4.78 is 34.6. The molecular formula is C22H24ClNO5S. The van der Waals surface area contributed by atoms with Crippen molar-refractivity contribution in [3.05, 3.63) is 64.7 Å². The average Bonchev–Trinajstić information content (AvgIpc) is 3.10. The van der Waals surface area contributed by atoms with Crippen LogP contribution in [-0.2, 0) is 21.2 Å². The molecule has 0 N–H and O–H groups in total. The van der Waals surface area contributed by atoms with Crippen molar-refractivity contribution in [3.63, 3.8) is 0 Å². The fourth-order valence-corrected chi connectivity index (χ4v) is 5.38.